The number of benzene rings is 1. The molecule has 2 heterocycles. The number of rotatable bonds is 13. The summed E-state index contributed by atoms with van der Waals surface area (Å²) >= 11 is 1.58. The van der Waals surface area contributed by atoms with Crippen molar-refractivity contribution in [1.82, 2.24) is 20.5 Å². The summed E-state index contributed by atoms with van der Waals surface area (Å²) in [6.45, 7) is 10.4. The number of amides is 3. The highest BCUT2D eigenvalue weighted by molar-refractivity contribution is 7.13. The molecule has 1 saturated heterocycles. The maximum atomic E-state index is 13.7. The smallest absolute Gasteiger partial charge is 0.246 e. The van der Waals surface area contributed by atoms with E-state index in [-0.39, 0.29) is 38.1 Å². The Kier molecular flexibility index (Phi) is 11.8. The second-order valence-corrected chi connectivity index (χ2v) is 12.2. The van der Waals surface area contributed by atoms with E-state index in [1.165, 1.54) is 4.90 Å². The normalized spacial score (nSPS) is 18.7. The first-order valence-electron chi connectivity index (χ1n) is 13.9. The summed E-state index contributed by atoms with van der Waals surface area (Å²) in [5.41, 5.74) is 9.47. The van der Waals surface area contributed by atoms with Gasteiger partial charge in [0, 0.05) is 19.5 Å². The molecule has 41 heavy (non-hydrogen) atoms. The van der Waals surface area contributed by atoms with Crippen LogP contribution in [0.15, 0.2) is 29.8 Å². The molecule has 1 aromatic heterocycles. The molecule has 0 spiro atoms. The number of likely N-dealkylation sites (tertiary alicyclic amines) is 1. The Balaban J connectivity index is 1.63. The Morgan fingerprint density at radius 3 is 2.44 bits per heavy atom. The van der Waals surface area contributed by atoms with E-state index in [9.17, 15) is 19.5 Å². The fourth-order valence-electron chi connectivity index (χ4n) is 4.69. The van der Waals surface area contributed by atoms with Gasteiger partial charge >= 0.3 is 0 Å². The minimum absolute atomic E-state index is 0.00559. The van der Waals surface area contributed by atoms with Crippen LogP contribution in [-0.4, -0.2) is 90.4 Å². The van der Waals surface area contributed by atoms with Crippen molar-refractivity contribution in [3.63, 3.8) is 0 Å². The topological polar surface area (TPSA) is 156 Å². The number of carbonyl (C=O) groups is 3. The molecule has 2 aromatic rings. The summed E-state index contributed by atoms with van der Waals surface area (Å²) in [7, 11) is 0. The van der Waals surface area contributed by atoms with Crippen LogP contribution in [0.3, 0.4) is 0 Å². The van der Waals surface area contributed by atoms with Crippen molar-refractivity contribution in [2.24, 2.45) is 11.1 Å². The van der Waals surface area contributed by atoms with Gasteiger partial charge in [0.2, 0.25) is 17.7 Å². The fourth-order valence-corrected chi connectivity index (χ4v) is 5.50. The van der Waals surface area contributed by atoms with Crippen molar-refractivity contribution in [3.8, 4) is 10.4 Å². The van der Waals surface area contributed by atoms with Gasteiger partial charge in [-0.3, -0.25) is 14.4 Å². The van der Waals surface area contributed by atoms with Gasteiger partial charge in [-0.25, -0.2) is 4.98 Å². The maximum absolute atomic E-state index is 13.7. The van der Waals surface area contributed by atoms with Crippen molar-refractivity contribution in [1.29, 1.82) is 0 Å². The number of aliphatic hydroxyl groups is 1. The number of carbonyl (C=O) groups excluding carboxylic acids is 3. The summed E-state index contributed by atoms with van der Waals surface area (Å²) < 4.78 is 10.6. The highest BCUT2D eigenvalue weighted by Gasteiger charge is 2.44. The summed E-state index contributed by atoms with van der Waals surface area (Å²) in [6, 6.07) is 5.82. The number of thiazole rings is 1. The van der Waals surface area contributed by atoms with Crippen LogP contribution >= 0.6 is 11.3 Å². The molecule has 226 valence electrons. The zero-order valence-electron chi connectivity index (χ0n) is 24.5. The van der Waals surface area contributed by atoms with E-state index < -0.39 is 35.4 Å². The van der Waals surface area contributed by atoms with E-state index in [4.69, 9.17) is 15.2 Å². The lowest BCUT2D eigenvalue weighted by Gasteiger charge is -2.35. The molecule has 0 bridgehead atoms. The molecule has 1 fully saturated rings. The predicted molar refractivity (Wildman–Crippen MR) is 157 cm³/mol. The largest absolute Gasteiger partial charge is 0.391 e. The van der Waals surface area contributed by atoms with Gasteiger partial charge in [0.15, 0.2) is 0 Å². The number of nitrogens with one attached hydrogen (secondary N) is 2. The SMILES string of the molecule is Cc1ncsc1-c1ccc([C@H](C)NC(=O)[C@@H]2C[C@@H](O)CN2C(=O)C(NC(=O)COCCOCCN)C(C)(C)C)cc1. The first kappa shape index (κ1) is 32.6. The molecule has 1 unspecified atom stereocenters. The monoisotopic (exact) mass is 589 g/mol. The highest BCUT2D eigenvalue weighted by atomic mass is 32.1. The number of nitrogens with zero attached hydrogens (tertiary/aromatic N) is 2. The van der Waals surface area contributed by atoms with Gasteiger partial charge in [-0.05, 0) is 30.4 Å². The molecule has 0 radical (unpaired) electrons. The average Bonchev–Trinajstić information content (AvgIpc) is 3.53. The van der Waals surface area contributed by atoms with Crippen LogP contribution in [-0.2, 0) is 23.9 Å². The van der Waals surface area contributed by atoms with Crippen LogP contribution in [0.2, 0.25) is 0 Å². The van der Waals surface area contributed by atoms with Crippen molar-refractivity contribution < 1.29 is 29.0 Å². The molecule has 0 saturated carbocycles. The molecule has 1 aromatic carbocycles. The van der Waals surface area contributed by atoms with Crippen molar-refractivity contribution in [2.45, 2.75) is 65.3 Å². The molecule has 0 aliphatic carbocycles. The Morgan fingerprint density at radius 2 is 1.83 bits per heavy atom. The minimum Gasteiger partial charge on any atom is -0.391 e. The third-order valence-electron chi connectivity index (χ3n) is 6.93. The zero-order valence-corrected chi connectivity index (χ0v) is 25.3. The molecule has 4 atom stereocenters. The van der Waals surface area contributed by atoms with Crippen LogP contribution in [0.5, 0.6) is 0 Å². The summed E-state index contributed by atoms with van der Waals surface area (Å²) in [6.07, 6.45) is -0.731. The zero-order chi connectivity index (χ0) is 30.2. The van der Waals surface area contributed by atoms with Crippen LogP contribution < -0.4 is 16.4 Å². The lowest BCUT2D eigenvalue weighted by Crippen LogP contribution is -2.58. The summed E-state index contributed by atoms with van der Waals surface area (Å²) in [4.78, 5) is 46.5. The molecule has 3 rings (SSSR count). The van der Waals surface area contributed by atoms with Gasteiger partial charge in [0.05, 0.1) is 48.0 Å². The third-order valence-corrected chi connectivity index (χ3v) is 7.91. The van der Waals surface area contributed by atoms with Crippen molar-refractivity contribution >= 4 is 29.1 Å². The molecule has 1 aliphatic heterocycles. The van der Waals surface area contributed by atoms with Crippen LogP contribution in [0.4, 0.5) is 0 Å². The van der Waals surface area contributed by atoms with Gasteiger partial charge < -0.3 is 35.8 Å². The standard InChI is InChI=1S/C29H43N5O6S/c1-18(20-6-8-21(9-7-20)25-19(2)31-17-41-25)32-27(37)23-14-22(35)15-34(23)28(38)26(29(3,4)5)33-24(36)16-40-13-12-39-11-10-30/h6-9,17-18,22-23,26,35H,10-16,30H2,1-5H3,(H,32,37)(H,33,36)/t18-,22+,23-,26?/m0/s1. The van der Waals surface area contributed by atoms with Crippen molar-refractivity contribution in [2.75, 3.05) is 39.5 Å². The van der Waals surface area contributed by atoms with E-state index in [1.807, 2.05) is 64.4 Å². The predicted octanol–water partition coefficient (Wildman–Crippen LogP) is 1.78. The Hall–Kier alpha value is -2.90. The maximum Gasteiger partial charge on any atom is 0.246 e. The molecule has 3 amide bonds. The Morgan fingerprint density at radius 1 is 1.15 bits per heavy atom. The summed E-state index contributed by atoms with van der Waals surface area (Å²) in [5, 5.41) is 16.2. The number of ether oxygens (including phenoxy) is 2. The number of aliphatic hydroxyl groups excluding tert-OH is 1. The molecular formula is C29H43N5O6S. The fraction of sp³-hybridized carbons (Fsp3) is 0.586. The van der Waals surface area contributed by atoms with Gasteiger partial charge in [0.25, 0.3) is 0 Å². The van der Waals surface area contributed by atoms with Crippen LogP contribution in [0.1, 0.15) is 51.4 Å². The van der Waals surface area contributed by atoms with Gasteiger partial charge in [-0.15, -0.1) is 11.3 Å². The lowest BCUT2D eigenvalue weighted by atomic mass is 9.85. The molecule has 12 heteroatoms. The van der Waals surface area contributed by atoms with Gasteiger partial charge in [-0.1, -0.05) is 45.0 Å². The number of aromatic nitrogens is 1. The third kappa shape index (κ3) is 9.04. The van der Waals surface area contributed by atoms with E-state index in [1.54, 1.807) is 11.3 Å². The highest BCUT2D eigenvalue weighted by Crippen LogP contribution is 2.29. The van der Waals surface area contributed by atoms with Crippen molar-refractivity contribution in [3.05, 3.63) is 41.0 Å². The molecule has 5 N–H and O–H groups in total. The Bertz CT molecular complexity index is 1170. The van der Waals surface area contributed by atoms with E-state index in [2.05, 4.69) is 15.6 Å². The first-order chi connectivity index (χ1) is 19.4. The molecule has 1 aliphatic rings. The van der Waals surface area contributed by atoms with E-state index in [0.29, 0.717) is 19.8 Å². The number of nitrogens with two attached hydrogens (primary N) is 1. The second kappa shape index (κ2) is 14.8. The number of aryl methyl sites for hydroxylation is 1. The molecular weight excluding hydrogens is 546 g/mol. The number of hydrogen-bond donors (Lipinski definition) is 4. The van der Waals surface area contributed by atoms with Crippen LogP contribution in [0.25, 0.3) is 10.4 Å². The number of β-amino-alcohol motifs (C(OH)–C–C–N with tert-alkyl or cyclic N) is 1. The minimum atomic E-state index is -0.923. The Labute approximate surface area is 245 Å². The summed E-state index contributed by atoms with van der Waals surface area (Å²) in [5.74, 6) is -1.24. The quantitative estimate of drug-likeness (QED) is 0.258. The second-order valence-electron chi connectivity index (χ2n) is 11.3. The first-order valence-corrected chi connectivity index (χ1v) is 14.7. The average molecular weight is 590 g/mol. The van der Waals surface area contributed by atoms with E-state index in [0.717, 1.165) is 21.7 Å². The number of hydrogen-bond acceptors (Lipinski definition) is 9. The lowest BCUT2D eigenvalue weighted by molar-refractivity contribution is -0.144. The van der Waals surface area contributed by atoms with Gasteiger partial charge in [-0.2, -0.15) is 0 Å². The van der Waals surface area contributed by atoms with Gasteiger partial charge in [0.1, 0.15) is 18.7 Å². The van der Waals surface area contributed by atoms with E-state index >= 15 is 0 Å². The van der Waals surface area contributed by atoms with Crippen LogP contribution in [0, 0.1) is 12.3 Å². The molecule has 11 nitrogen and oxygen atoms in total.